The standard InChI is InChI=1S/C21H27N5O5/c1-21(2,3)31-19(28)23-10-6-5-7-14-11-16(18(27)26-25-14)15-9-8-13(12-17(15)22)24-20(29)30-4/h8-12H,5-7,22H2,1-4H3,(H,24,29)(H,26,27). The van der Waals surface area contributed by atoms with Crippen LogP contribution in [0.5, 0.6) is 0 Å². The summed E-state index contributed by atoms with van der Waals surface area (Å²) in [6.07, 6.45) is 2.04. The second-order valence-corrected chi connectivity index (χ2v) is 7.70. The molecule has 0 radical (unpaired) electrons. The van der Waals surface area contributed by atoms with Crippen molar-refractivity contribution in [3.8, 4) is 11.1 Å². The van der Waals surface area contributed by atoms with E-state index in [1.165, 1.54) is 13.3 Å². The van der Waals surface area contributed by atoms with Crippen LogP contribution in [0.25, 0.3) is 11.1 Å². The van der Waals surface area contributed by atoms with E-state index in [4.69, 9.17) is 10.5 Å². The van der Waals surface area contributed by atoms with E-state index in [9.17, 15) is 14.4 Å². The predicted molar refractivity (Wildman–Crippen MR) is 118 cm³/mol. The van der Waals surface area contributed by atoms with E-state index in [0.29, 0.717) is 47.5 Å². The second kappa shape index (κ2) is 10.4. The highest BCUT2D eigenvalue weighted by molar-refractivity contribution is 5.87. The van der Waals surface area contributed by atoms with Crippen molar-refractivity contribution >= 4 is 29.8 Å². The van der Waals surface area contributed by atoms with E-state index in [1.807, 2.05) is 0 Å². The molecule has 0 fully saturated rings. The predicted octanol–water partition coefficient (Wildman–Crippen LogP) is 3.53. The number of H-pyrrole nitrogens is 1. The van der Waals surface area contributed by atoms with Crippen molar-refractivity contribution in [3.05, 3.63) is 40.3 Å². The molecule has 4 N–H and O–H groups in total. The maximum atomic E-state index is 12.3. The Morgan fingerprint density at radius 3 is 2.65 bits per heavy atom. The van der Waals surface area contributed by atoms with Crippen LogP contribution in [0.2, 0.25) is 0 Å². The Morgan fingerprint density at radius 2 is 2.00 bits per heavy atom. The van der Waals surface area contributed by atoms with E-state index >= 15 is 0 Å². The number of methoxy groups -OCH3 is 1. The SMILES string of the molecule is COC(=O)Nc1ccc(-c2cc(CCCC=NC(=O)OC(C)(C)C)n[nH]c2=O)c(N)c1. The molecular weight excluding hydrogens is 402 g/mol. The zero-order chi connectivity index (χ0) is 23.0. The van der Waals surface area contributed by atoms with Gasteiger partial charge in [0.05, 0.1) is 18.4 Å². The first-order chi connectivity index (χ1) is 14.6. The van der Waals surface area contributed by atoms with Crippen LogP contribution >= 0.6 is 0 Å². The maximum Gasteiger partial charge on any atom is 0.433 e. The summed E-state index contributed by atoms with van der Waals surface area (Å²) in [7, 11) is 1.26. The third-order valence-electron chi connectivity index (χ3n) is 3.99. The van der Waals surface area contributed by atoms with Gasteiger partial charge in [0.15, 0.2) is 0 Å². The Labute approximate surface area is 179 Å². The van der Waals surface area contributed by atoms with E-state index in [0.717, 1.165) is 0 Å². The van der Waals surface area contributed by atoms with Crippen LogP contribution < -0.4 is 16.6 Å². The van der Waals surface area contributed by atoms with E-state index in [1.54, 1.807) is 45.0 Å². The number of nitrogens with two attached hydrogens (primary N) is 1. The molecule has 1 aromatic carbocycles. The Hall–Kier alpha value is -3.69. The number of anilines is 2. The lowest BCUT2D eigenvalue weighted by Gasteiger charge is -2.17. The van der Waals surface area contributed by atoms with Crippen LogP contribution in [-0.2, 0) is 15.9 Å². The molecule has 166 valence electrons. The fourth-order valence-corrected chi connectivity index (χ4v) is 2.63. The third-order valence-corrected chi connectivity index (χ3v) is 3.99. The highest BCUT2D eigenvalue weighted by Crippen LogP contribution is 2.26. The summed E-state index contributed by atoms with van der Waals surface area (Å²) in [4.78, 5) is 38.9. The molecule has 0 unspecified atom stereocenters. The molecule has 0 saturated carbocycles. The van der Waals surface area contributed by atoms with Crippen LogP contribution in [0.3, 0.4) is 0 Å². The van der Waals surface area contributed by atoms with Crippen molar-refractivity contribution in [2.45, 2.75) is 45.6 Å². The number of benzene rings is 1. The van der Waals surface area contributed by atoms with Gasteiger partial charge in [-0.2, -0.15) is 10.1 Å². The molecule has 2 aromatic rings. The minimum atomic E-state index is -0.627. The first-order valence-electron chi connectivity index (χ1n) is 9.68. The van der Waals surface area contributed by atoms with Crippen LogP contribution in [0, 0.1) is 0 Å². The second-order valence-electron chi connectivity index (χ2n) is 7.70. The summed E-state index contributed by atoms with van der Waals surface area (Å²) in [5.41, 5.74) is 7.43. The molecule has 0 bridgehead atoms. The molecular formula is C21H27N5O5. The van der Waals surface area contributed by atoms with Crippen molar-refractivity contribution in [1.82, 2.24) is 10.2 Å². The molecule has 1 heterocycles. The lowest BCUT2D eigenvalue weighted by Crippen LogP contribution is -2.21. The number of aromatic amines is 1. The first-order valence-corrected chi connectivity index (χ1v) is 9.68. The van der Waals surface area contributed by atoms with Gasteiger partial charge in [-0.1, -0.05) is 6.07 Å². The Balaban J connectivity index is 2.03. The highest BCUT2D eigenvalue weighted by atomic mass is 16.6. The quantitative estimate of drug-likeness (QED) is 0.361. The molecule has 2 amide bonds. The Morgan fingerprint density at radius 1 is 1.26 bits per heavy atom. The van der Waals surface area contributed by atoms with Gasteiger partial charge in [0.1, 0.15) is 5.60 Å². The average molecular weight is 429 g/mol. The Kier molecular flexibility index (Phi) is 7.89. The molecule has 2 rings (SSSR count). The van der Waals surface area contributed by atoms with Gasteiger partial charge in [-0.05, 0) is 58.2 Å². The number of unbranched alkanes of at least 4 members (excludes halogenated alkanes) is 1. The van der Waals surface area contributed by atoms with Gasteiger partial charge < -0.3 is 15.2 Å². The monoisotopic (exact) mass is 429 g/mol. The van der Waals surface area contributed by atoms with Crippen LogP contribution in [0.4, 0.5) is 21.0 Å². The minimum absolute atomic E-state index is 0.320. The number of nitrogen functional groups attached to an aromatic ring is 1. The van der Waals surface area contributed by atoms with Crippen LogP contribution in [0.15, 0.2) is 34.1 Å². The van der Waals surface area contributed by atoms with Gasteiger partial charge in [0.2, 0.25) is 0 Å². The number of rotatable bonds is 6. The number of aryl methyl sites for hydroxylation is 1. The van der Waals surface area contributed by atoms with Gasteiger partial charge in [0, 0.05) is 23.2 Å². The Bertz CT molecular complexity index is 1020. The fourth-order valence-electron chi connectivity index (χ4n) is 2.63. The van der Waals surface area contributed by atoms with Crippen molar-refractivity contribution in [2.75, 3.05) is 18.2 Å². The number of hydrogen-bond donors (Lipinski definition) is 3. The minimum Gasteiger partial charge on any atom is -0.453 e. The van der Waals surface area contributed by atoms with Crippen molar-refractivity contribution < 1.29 is 19.1 Å². The van der Waals surface area contributed by atoms with Crippen molar-refractivity contribution in [1.29, 1.82) is 0 Å². The molecule has 31 heavy (non-hydrogen) atoms. The maximum absolute atomic E-state index is 12.3. The fraction of sp³-hybridized carbons (Fsp3) is 0.381. The normalized spacial score (nSPS) is 11.4. The summed E-state index contributed by atoms with van der Waals surface area (Å²) < 4.78 is 9.64. The molecule has 0 atom stereocenters. The van der Waals surface area contributed by atoms with Gasteiger partial charge in [-0.15, -0.1) is 0 Å². The molecule has 0 aliphatic heterocycles. The number of ether oxygens (including phenoxy) is 2. The summed E-state index contributed by atoms with van der Waals surface area (Å²) in [5.74, 6) is 0. The topological polar surface area (TPSA) is 149 Å². The van der Waals surface area contributed by atoms with E-state index < -0.39 is 17.8 Å². The number of amides is 2. The smallest absolute Gasteiger partial charge is 0.433 e. The highest BCUT2D eigenvalue weighted by Gasteiger charge is 2.15. The van der Waals surface area contributed by atoms with E-state index in [2.05, 4.69) is 25.2 Å². The van der Waals surface area contributed by atoms with Gasteiger partial charge in [-0.3, -0.25) is 10.1 Å². The summed E-state index contributed by atoms with van der Waals surface area (Å²) in [5, 5.41) is 9.04. The largest absolute Gasteiger partial charge is 0.453 e. The third kappa shape index (κ3) is 7.57. The number of nitrogens with one attached hydrogen (secondary N) is 2. The van der Waals surface area contributed by atoms with Crippen LogP contribution in [-0.4, -0.2) is 41.3 Å². The number of hydrogen-bond acceptors (Lipinski definition) is 7. The molecule has 1 aromatic heterocycles. The number of carbonyl (C=O) groups excluding carboxylic acids is 2. The number of aromatic nitrogens is 2. The lowest BCUT2D eigenvalue weighted by molar-refractivity contribution is 0.0605. The number of carbonyl (C=O) groups is 2. The van der Waals surface area contributed by atoms with Gasteiger partial charge in [-0.25, -0.2) is 14.7 Å². The molecule has 0 aliphatic rings. The molecule has 10 nitrogen and oxygen atoms in total. The van der Waals surface area contributed by atoms with Gasteiger partial charge in [0.25, 0.3) is 5.56 Å². The first kappa shape index (κ1) is 23.6. The molecule has 0 saturated heterocycles. The van der Waals surface area contributed by atoms with Gasteiger partial charge >= 0.3 is 12.2 Å². The average Bonchev–Trinajstić information content (AvgIpc) is 2.68. The van der Waals surface area contributed by atoms with E-state index in [-0.39, 0.29) is 5.56 Å². The zero-order valence-electron chi connectivity index (χ0n) is 18.0. The van der Waals surface area contributed by atoms with Crippen molar-refractivity contribution in [3.63, 3.8) is 0 Å². The summed E-state index contributed by atoms with van der Waals surface area (Å²) >= 11 is 0. The summed E-state index contributed by atoms with van der Waals surface area (Å²) in [6, 6.07) is 6.47. The lowest BCUT2D eigenvalue weighted by atomic mass is 10.0. The zero-order valence-corrected chi connectivity index (χ0v) is 18.0. The molecule has 10 heteroatoms. The van der Waals surface area contributed by atoms with Crippen molar-refractivity contribution in [2.24, 2.45) is 4.99 Å². The number of aliphatic imine (C=N–C) groups is 1. The number of nitrogens with zero attached hydrogens (tertiary/aromatic N) is 2. The summed E-state index contributed by atoms with van der Waals surface area (Å²) in [6.45, 7) is 5.32. The van der Waals surface area contributed by atoms with Crippen LogP contribution in [0.1, 0.15) is 39.3 Å². The molecule has 0 aliphatic carbocycles. The molecule has 0 spiro atoms.